The van der Waals surface area contributed by atoms with Gasteiger partial charge < -0.3 is 25.2 Å². The van der Waals surface area contributed by atoms with E-state index in [2.05, 4.69) is 10.6 Å². The van der Waals surface area contributed by atoms with Crippen LogP contribution in [0.25, 0.3) is 0 Å². The number of amides is 5. The smallest absolute Gasteiger partial charge is 0.265 e. The molecule has 0 radical (unpaired) electrons. The minimum absolute atomic E-state index is 0.182. The second kappa shape index (κ2) is 17.9. The van der Waals surface area contributed by atoms with Gasteiger partial charge in [0.1, 0.15) is 35.5 Å². The Bertz CT molecular complexity index is 1380. The van der Waals surface area contributed by atoms with E-state index in [-0.39, 0.29) is 36.8 Å². The standard InChI is InChI=1S/C33H43F2N5O7/c1-4-21(2)29(32(44)37-26(31(43)38-46)14-15-36-30(42)22-18-23(34)20-24(35)19-22)39(3)33(45)27-12-8-16-40(27)28(41)13-9-17-47-25-10-6-5-7-11-25/h5-7,10-11,18-21,26-27,29,46H,4,8-9,12-17H2,1-3H3,(H,36,42)(H,37,44)(H,38,43)/t21?,26?,27-,29-/m0/s1. The molecule has 256 valence electrons. The number of carbonyl (C=O) groups excluding carboxylic acids is 5. The molecule has 2 unspecified atom stereocenters. The number of hydrogen-bond acceptors (Lipinski definition) is 7. The third kappa shape index (κ3) is 10.5. The van der Waals surface area contributed by atoms with E-state index in [1.807, 2.05) is 37.3 Å². The summed E-state index contributed by atoms with van der Waals surface area (Å²) in [5.74, 6) is -4.56. The van der Waals surface area contributed by atoms with Gasteiger partial charge >= 0.3 is 0 Å². The van der Waals surface area contributed by atoms with Crippen molar-refractivity contribution < 1.29 is 42.7 Å². The van der Waals surface area contributed by atoms with Crippen molar-refractivity contribution in [3.05, 3.63) is 65.7 Å². The highest BCUT2D eigenvalue weighted by atomic mass is 19.1. The molecule has 3 rings (SSSR count). The number of likely N-dealkylation sites (N-methyl/N-ethyl adjacent to an activating group) is 1. The molecule has 0 saturated carbocycles. The first-order valence-electron chi connectivity index (χ1n) is 15.7. The van der Waals surface area contributed by atoms with Crippen LogP contribution in [-0.4, -0.2) is 89.4 Å². The maximum atomic E-state index is 13.8. The molecule has 1 aliphatic heterocycles. The van der Waals surface area contributed by atoms with E-state index >= 15 is 0 Å². The minimum atomic E-state index is -1.32. The fourth-order valence-corrected chi connectivity index (χ4v) is 5.53. The number of benzene rings is 2. The summed E-state index contributed by atoms with van der Waals surface area (Å²) in [5.41, 5.74) is 1.21. The molecule has 14 heteroatoms. The van der Waals surface area contributed by atoms with Gasteiger partial charge in [0, 0.05) is 38.2 Å². The number of likely N-dealkylation sites (tertiary alicyclic amines) is 1. The minimum Gasteiger partial charge on any atom is -0.494 e. The van der Waals surface area contributed by atoms with Crippen LogP contribution < -0.4 is 20.9 Å². The first kappa shape index (κ1) is 36.9. The van der Waals surface area contributed by atoms with Crippen molar-refractivity contribution >= 4 is 29.5 Å². The molecule has 0 bridgehead atoms. The molecule has 12 nitrogen and oxygen atoms in total. The first-order chi connectivity index (χ1) is 22.5. The Hall–Kier alpha value is -4.59. The predicted octanol–water partition coefficient (Wildman–Crippen LogP) is 2.80. The molecule has 0 aliphatic carbocycles. The van der Waals surface area contributed by atoms with Gasteiger partial charge in [0.25, 0.3) is 11.8 Å². The number of halogens is 2. The lowest BCUT2D eigenvalue weighted by Crippen LogP contribution is -2.58. The highest BCUT2D eigenvalue weighted by Crippen LogP contribution is 2.24. The summed E-state index contributed by atoms with van der Waals surface area (Å²) in [6, 6.07) is 8.45. The maximum absolute atomic E-state index is 13.8. The van der Waals surface area contributed by atoms with Gasteiger partial charge in [-0.3, -0.25) is 29.2 Å². The van der Waals surface area contributed by atoms with Crippen molar-refractivity contribution in [1.29, 1.82) is 0 Å². The highest BCUT2D eigenvalue weighted by Gasteiger charge is 2.40. The lowest BCUT2D eigenvalue weighted by atomic mass is 9.95. The van der Waals surface area contributed by atoms with Crippen LogP contribution in [0.5, 0.6) is 5.75 Å². The third-order valence-corrected chi connectivity index (χ3v) is 8.21. The molecule has 47 heavy (non-hydrogen) atoms. The van der Waals surface area contributed by atoms with Gasteiger partial charge in [-0.2, -0.15) is 0 Å². The fourth-order valence-electron chi connectivity index (χ4n) is 5.53. The van der Waals surface area contributed by atoms with Crippen molar-refractivity contribution in [1.82, 2.24) is 25.9 Å². The van der Waals surface area contributed by atoms with Crippen LogP contribution in [-0.2, 0) is 19.2 Å². The monoisotopic (exact) mass is 659 g/mol. The SMILES string of the molecule is CCC(C)[C@@H](C(=O)NC(CCNC(=O)c1cc(F)cc(F)c1)C(=O)NO)N(C)C(=O)[C@@H]1CCCN1C(=O)CCCOc1ccccc1. The Kier molecular flexibility index (Phi) is 14.1. The summed E-state index contributed by atoms with van der Waals surface area (Å²) < 4.78 is 32.7. The van der Waals surface area contributed by atoms with Crippen LogP contribution in [0, 0.1) is 17.6 Å². The summed E-state index contributed by atoms with van der Waals surface area (Å²) in [5, 5.41) is 14.3. The Morgan fingerprint density at radius 3 is 2.38 bits per heavy atom. The quantitative estimate of drug-likeness (QED) is 0.123. The number of ether oxygens (including phenoxy) is 1. The number of para-hydroxylation sites is 1. The number of hydrogen-bond donors (Lipinski definition) is 4. The maximum Gasteiger partial charge on any atom is 0.265 e. The molecule has 4 atom stereocenters. The largest absolute Gasteiger partial charge is 0.494 e. The summed E-state index contributed by atoms with van der Waals surface area (Å²) in [7, 11) is 1.48. The van der Waals surface area contributed by atoms with Gasteiger partial charge in [-0.25, -0.2) is 14.3 Å². The average Bonchev–Trinajstić information content (AvgIpc) is 3.55. The van der Waals surface area contributed by atoms with Gasteiger partial charge in [0.2, 0.25) is 17.7 Å². The number of rotatable bonds is 16. The molecule has 1 aliphatic rings. The summed E-state index contributed by atoms with van der Waals surface area (Å²) in [6.45, 7) is 4.17. The molecule has 1 heterocycles. The van der Waals surface area contributed by atoms with E-state index in [9.17, 15) is 38.0 Å². The zero-order valence-corrected chi connectivity index (χ0v) is 26.8. The molecular weight excluding hydrogens is 616 g/mol. The number of nitrogens with one attached hydrogen (secondary N) is 3. The second-order valence-corrected chi connectivity index (χ2v) is 11.5. The Balaban J connectivity index is 1.62. The number of hydroxylamine groups is 1. The fraction of sp³-hybridized carbons (Fsp3) is 0.485. The highest BCUT2D eigenvalue weighted by molar-refractivity contribution is 5.95. The van der Waals surface area contributed by atoms with E-state index < -0.39 is 53.4 Å². The van der Waals surface area contributed by atoms with Gasteiger partial charge in [0.15, 0.2) is 0 Å². The lowest BCUT2D eigenvalue weighted by molar-refractivity contribution is -0.148. The average molecular weight is 660 g/mol. The van der Waals surface area contributed by atoms with E-state index in [1.54, 1.807) is 11.8 Å². The molecular formula is C33H43F2N5O7. The van der Waals surface area contributed by atoms with Crippen molar-refractivity contribution in [3.8, 4) is 5.75 Å². The Morgan fingerprint density at radius 1 is 1.06 bits per heavy atom. The molecule has 4 N–H and O–H groups in total. The van der Waals surface area contributed by atoms with Gasteiger partial charge in [-0.15, -0.1) is 0 Å². The molecule has 5 amide bonds. The third-order valence-electron chi connectivity index (χ3n) is 8.21. The molecule has 0 spiro atoms. The number of carbonyl (C=O) groups is 5. The van der Waals surface area contributed by atoms with Crippen LogP contribution in [0.15, 0.2) is 48.5 Å². The second-order valence-electron chi connectivity index (χ2n) is 11.5. The summed E-state index contributed by atoms with van der Waals surface area (Å²) in [4.78, 5) is 68.1. The Morgan fingerprint density at radius 2 is 1.74 bits per heavy atom. The Labute approximate surface area is 272 Å². The lowest BCUT2D eigenvalue weighted by Gasteiger charge is -2.36. The van der Waals surface area contributed by atoms with Crippen LogP contribution >= 0.6 is 0 Å². The van der Waals surface area contributed by atoms with Crippen molar-refractivity contribution in [2.45, 2.75) is 70.5 Å². The first-order valence-corrected chi connectivity index (χ1v) is 15.7. The van der Waals surface area contributed by atoms with Gasteiger partial charge in [-0.1, -0.05) is 38.5 Å². The molecule has 0 aromatic heterocycles. The van der Waals surface area contributed by atoms with Crippen LogP contribution in [0.4, 0.5) is 8.78 Å². The van der Waals surface area contributed by atoms with Crippen molar-refractivity contribution in [2.75, 3.05) is 26.7 Å². The number of nitrogens with zero attached hydrogens (tertiary/aromatic N) is 2. The van der Waals surface area contributed by atoms with E-state index in [0.717, 1.165) is 12.1 Å². The molecule has 1 saturated heterocycles. The van der Waals surface area contributed by atoms with Crippen molar-refractivity contribution in [3.63, 3.8) is 0 Å². The topological polar surface area (TPSA) is 157 Å². The van der Waals surface area contributed by atoms with E-state index in [4.69, 9.17) is 4.74 Å². The molecule has 2 aromatic rings. The van der Waals surface area contributed by atoms with E-state index in [1.165, 1.54) is 17.4 Å². The van der Waals surface area contributed by atoms with Crippen LogP contribution in [0.2, 0.25) is 0 Å². The summed E-state index contributed by atoms with van der Waals surface area (Å²) >= 11 is 0. The van der Waals surface area contributed by atoms with Crippen LogP contribution in [0.3, 0.4) is 0 Å². The van der Waals surface area contributed by atoms with E-state index in [0.29, 0.717) is 50.7 Å². The zero-order valence-electron chi connectivity index (χ0n) is 26.8. The normalized spacial score (nSPS) is 16.0. The summed E-state index contributed by atoms with van der Waals surface area (Å²) in [6.07, 6.45) is 2.04. The zero-order chi connectivity index (χ0) is 34.5. The van der Waals surface area contributed by atoms with Gasteiger partial charge in [-0.05, 0) is 55.9 Å². The van der Waals surface area contributed by atoms with Gasteiger partial charge in [0.05, 0.1) is 6.61 Å². The van der Waals surface area contributed by atoms with Crippen LogP contribution in [0.1, 0.15) is 62.7 Å². The molecule has 1 fully saturated rings. The van der Waals surface area contributed by atoms with Crippen molar-refractivity contribution in [2.24, 2.45) is 5.92 Å². The molecule has 2 aromatic carbocycles. The predicted molar refractivity (Wildman–Crippen MR) is 167 cm³/mol.